The van der Waals surface area contributed by atoms with Gasteiger partial charge in [-0.25, -0.2) is 0 Å². The van der Waals surface area contributed by atoms with Crippen LogP contribution in [0.1, 0.15) is 31.2 Å². The van der Waals surface area contributed by atoms with Gasteiger partial charge in [-0.05, 0) is 43.4 Å². The molecule has 2 N–H and O–H groups in total. The molecule has 2 fully saturated rings. The van der Waals surface area contributed by atoms with E-state index < -0.39 is 0 Å². The Bertz CT molecular complexity index is 536. The molecule has 0 amide bonds. The van der Waals surface area contributed by atoms with Crippen LogP contribution in [-0.4, -0.2) is 38.8 Å². The van der Waals surface area contributed by atoms with Gasteiger partial charge in [0.2, 0.25) is 0 Å². The summed E-state index contributed by atoms with van der Waals surface area (Å²) in [7, 11) is 1.81. The zero-order valence-corrected chi connectivity index (χ0v) is 13.8. The number of benzene rings is 1. The van der Waals surface area contributed by atoms with Crippen molar-refractivity contribution in [1.29, 1.82) is 0 Å². The topological polar surface area (TPSA) is 45.7 Å². The van der Waals surface area contributed by atoms with Gasteiger partial charge in [-0.2, -0.15) is 0 Å². The third-order valence-electron chi connectivity index (χ3n) is 4.63. The van der Waals surface area contributed by atoms with Gasteiger partial charge in [0.15, 0.2) is 5.96 Å². The van der Waals surface area contributed by atoms with Crippen LogP contribution in [0.2, 0.25) is 5.02 Å². The van der Waals surface area contributed by atoms with Crippen molar-refractivity contribution >= 4 is 17.6 Å². The molecule has 0 radical (unpaired) electrons. The highest BCUT2D eigenvalue weighted by atomic mass is 35.5. The lowest BCUT2D eigenvalue weighted by Gasteiger charge is -2.20. The second kappa shape index (κ2) is 6.88. The van der Waals surface area contributed by atoms with Crippen LogP contribution in [0.15, 0.2) is 29.3 Å². The second-order valence-electron chi connectivity index (χ2n) is 6.23. The van der Waals surface area contributed by atoms with Crippen molar-refractivity contribution in [3.63, 3.8) is 0 Å². The van der Waals surface area contributed by atoms with Crippen molar-refractivity contribution in [3.8, 4) is 0 Å². The molecule has 1 aromatic rings. The number of aliphatic imine (C=N–C) groups is 1. The van der Waals surface area contributed by atoms with E-state index in [1.807, 2.05) is 19.2 Å². The van der Waals surface area contributed by atoms with E-state index in [-0.39, 0.29) is 5.41 Å². The van der Waals surface area contributed by atoms with Gasteiger partial charge in [0, 0.05) is 37.2 Å². The lowest BCUT2D eigenvalue weighted by Crippen LogP contribution is -2.43. The summed E-state index contributed by atoms with van der Waals surface area (Å²) in [5.74, 6) is 0.851. The minimum atomic E-state index is 0.215. The fourth-order valence-electron chi connectivity index (χ4n) is 3.03. The molecule has 1 heterocycles. The molecule has 3 rings (SSSR count). The maximum Gasteiger partial charge on any atom is 0.191 e. The zero-order chi connectivity index (χ0) is 15.4. The second-order valence-corrected chi connectivity index (χ2v) is 6.67. The Labute approximate surface area is 137 Å². The minimum absolute atomic E-state index is 0.215. The van der Waals surface area contributed by atoms with E-state index in [2.05, 4.69) is 27.8 Å². The largest absolute Gasteiger partial charge is 0.376 e. The summed E-state index contributed by atoms with van der Waals surface area (Å²) in [5.41, 5.74) is 1.54. The van der Waals surface area contributed by atoms with E-state index in [9.17, 15) is 0 Å². The van der Waals surface area contributed by atoms with Crippen molar-refractivity contribution < 1.29 is 4.74 Å². The van der Waals surface area contributed by atoms with E-state index in [0.717, 1.165) is 43.5 Å². The first-order valence-electron chi connectivity index (χ1n) is 8.04. The fraction of sp³-hybridized carbons (Fsp3) is 0.588. The molecule has 1 saturated heterocycles. The quantitative estimate of drug-likeness (QED) is 0.647. The molecule has 0 bridgehead atoms. The molecule has 1 aliphatic carbocycles. The highest BCUT2D eigenvalue weighted by Gasteiger charge is 2.44. The molecule has 1 saturated carbocycles. The maximum absolute atomic E-state index is 6.12. The van der Waals surface area contributed by atoms with Crippen LogP contribution in [0.25, 0.3) is 0 Å². The van der Waals surface area contributed by atoms with Crippen LogP contribution >= 0.6 is 11.6 Å². The number of guanidine groups is 1. The van der Waals surface area contributed by atoms with E-state index in [4.69, 9.17) is 16.3 Å². The summed E-state index contributed by atoms with van der Waals surface area (Å²) in [6, 6.07) is 8.21. The van der Waals surface area contributed by atoms with Gasteiger partial charge in [0.1, 0.15) is 0 Å². The molecular weight excluding hydrogens is 298 g/mol. The summed E-state index contributed by atoms with van der Waals surface area (Å²) in [6.45, 7) is 2.60. The zero-order valence-electron chi connectivity index (χ0n) is 13.1. The number of rotatable bonds is 5. The average molecular weight is 322 g/mol. The van der Waals surface area contributed by atoms with Crippen molar-refractivity contribution in [2.75, 3.05) is 26.7 Å². The summed E-state index contributed by atoms with van der Waals surface area (Å²) in [6.07, 6.45) is 5.01. The van der Waals surface area contributed by atoms with Crippen molar-refractivity contribution in [1.82, 2.24) is 10.6 Å². The van der Waals surface area contributed by atoms with Gasteiger partial charge in [0.25, 0.3) is 0 Å². The number of halogens is 1. The maximum atomic E-state index is 6.12. The van der Waals surface area contributed by atoms with Crippen LogP contribution in [0, 0.1) is 0 Å². The number of nitrogens with one attached hydrogen (secondary N) is 2. The number of ether oxygens (including phenoxy) is 1. The summed E-state index contributed by atoms with van der Waals surface area (Å²) in [5, 5.41) is 7.63. The molecule has 120 valence electrons. The Hall–Kier alpha value is -1.26. The van der Waals surface area contributed by atoms with Crippen LogP contribution in [0.5, 0.6) is 0 Å². The van der Waals surface area contributed by atoms with Gasteiger partial charge in [-0.1, -0.05) is 23.7 Å². The molecular formula is C17H24ClN3O. The Morgan fingerprint density at radius 1 is 1.41 bits per heavy atom. The predicted octanol–water partition coefficient (Wildman–Crippen LogP) is 2.72. The molecule has 2 aliphatic rings. The highest BCUT2D eigenvalue weighted by molar-refractivity contribution is 6.30. The fourth-order valence-corrected chi connectivity index (χ4v) is 3.22. The van der Waals surface area contributed by atoms with Gasteiger partial charge < -0.3 is 15.4 Å². The molecule has 5 heteroatoms. The van der Waals surface area contributed by atoms with Crippen molar-refractivity contribution in [3.05, 3.63) is 34.9 Å². The molecule has 1 unspecified atom stereocenters. The van der Waals surface area contributed by atoms with Gasteiger partial charge >= 0.3 is 0 Å². The monoisotopic (exact) mass is 321 g/mol. The van der Waals surface area contributed by atoms with Gasteiger partial charge in [-0.15, -0.1) is 0 Å². The summed E-state index contributed by atoms with van der Waals surface area (Å²) in [4.78, 5) is 4.30. The molecule has 1 aromatic carbocycles. The Balaban J connectivity index is 1.52. The van der Waals surface area contributed by atoms with Crippen LogP contribution in [-0.2, 0) is 10.2 Å². The van der Waals surface area contributed by atoms with Gasteiger partial charge in [0.05, 0.1) is 6.10 Å². The van der Waals surface area contributed by atoms with E-state index in [1.54, 1.807) is 0 Å². The standard InChI is InChI=1S/C17H24ClN3O/c1-19-16(20-11-15-6-3-9-22-15)21-12-17(7-8-17)13-4-2-5-14(18)10-13/h2,4-5,10,15H,3,6-9,11-12H2,1H3,(H2,19,20,21). The molecule has 4 nitrogen and oxygen atoms in total. The first-order chi connectivity index (χ1) is 10.7. The molecule has 0 spiro atoms. The Morgan fingerprint density at radius 2 is 2.27 bits per heavy atom. The minimum Gasteiger partial charge on any atom is -0.376 e. The number of hydrogen-bond donors (Lipinski definition) is 2. The highest BCUT2D eigenvalue weighted by Crippen LogP contribution is 2.48. The third kappa shape index (κ3) is 3.73. The van der Waals surface area contributed by atoms with E-state index in [1.165, 1.54) is 18.4 Å². The normalized spacial score (nSPS) is 23.4. The smallest absolute Gasteiger partial charge is 0.191 e. The first kappa shape index (κ1) is 15.6. The number of hydrogen-bond acceptors (Lipinski definition) is 2. The first-order valence-corrected chi connectivity index (χ1v) is 8.42. The van der Waals surface area contributed by atoms with Crippen molar-refractivity contribution in [2.45, 2.75) is 37.2 Å². The number of nitrogens with zero attached hydrogens (tertiary/aromatic N) is 1. The Kier molecular flexibility index (Phi) is 4.89. The molecule has 1 aliphatic heterocycles. The lowest BCUT2D eigenvalue weighted by atomic mass is 9.96. The lowest BCUT2D eigenvalue weighted by molar-refractivity contribution is 0.114. The van der Waals surface area contributed by atoms with E-state index >= 15 is 0 Å². The average Bonchev–Trinajstić information content (AvgIpc) is 3.14. The SMILES string of the molecule is CN=C(NCC1CCCO1)NCC1(c2cccc(Cl)c2)CC1. The van der Waals surface area contributed by atoms with Crippen molar-refractivity contribution in [2.24, 2.45) is 4.99 Å². The predicted molar refractivity (Wildman–Crippen MR) is 90.7 cm³/mol. The molecule has 1 atom stereocenters. The summed E-state index contributed by atoms with van der Waals surface area (Å²) < 4.78 is 5.63. The molecule has 0 aromatic heterocycles. The van der Waals surface area contributed by atoms with Crippen LogP contribution < -0.4 is 10.6 Å². The summed E-state index contributed by atoms with van der Waals surface area (Å²) >= 11 is 6.12. The third-order valence-corrected chi connectivity index (χ3v) is 4.86. The Morgan fingerprint density at radius 3 is 2.91 bits per heavy atom. The van der Waals surface area contributed by atoms with E-state index in [0.29, 0.717) is 6.10 Å². The van der Waals surface area contributed by atoms with Gasteiger partial charge in [-0.3, -0.25) is 4.99 Å². The van der Waals surface area contributed by atoms with Crippen LogP contribution in [0.4, 0.5) is 0 Å². The van der Waals surface area contributed by atoms with Crippen LogP contribution in [0.3, 0.4) is 0 Å². The molecule has 22 heavy (non-hydrogen) atoms.